The van der Waals surface area contributed by atoms with Crippen molar-refractivity contribution in [3.05, 3.63) is 17.3 Å². The molecule has 1 fully saturated rings. The molecule has 0 radical (unpaired) electrons. The Labute approximate surface area is 74.8 Å². The maximum absolute atomic E-state index is 4.33. The molecule has 2 heterocycles. The maximum atomic E-state index is 4.33. The van der Waals surface area contributed by atoms with Crippen LogP contribution in [0, 0.1) is 0 Å². The van der Waals surface area contributed by atoms with E-state index >= 15 is 0 Å². The summed E-state index contributed by atoms with van der Waals surface area (Å²) in [6.45, 7) is 0. The minimum absolute atomic E-state index is 0.842. The third-order valence-electron chi connectivity index (χ3n) is 2.49. The van der Waals surface area contributed by atoms with E-state index in [1.807, 2.05) is 5.51 Å². The van der Waals surface area contributed by atoms with E-state index in [4.69, 9.17) is 0 Å². The first-order valence-electron chi connectivity index (χ1n) is 4.24. The van der Waals surface area contributed by atoms with Crippen LogP contribution in [0.4, 0.5) is 0 Å². The number of thiazole rings is 1. The lowest BCUT2D eigenvalue weighted by molar-refractivity contribution is 0.937. The number of aromatic nitrogens is 2. The molecule has 0 amide bonds. The van der Waals surface area contributed by atoms with E-state index in [9.17, 15) is 0 Å². The zero-order valence-electron chi connectivity index (χ0n) is 6.95. The molecule has 0 unspecified atom stereocenters. The van der Waals surface area contributed by atoms with Crippen LogP contribution in [-0.2, 0) is 7.05 Å². The van der Waals surface area contributed by atoms with Crippen molar-refractivity contribution in [1.82, 2.24) is 9.55 Å². The highest BCUT2D eigenvalue weighted by atomic mass is 32.1. The first-order chi connectivity index (χ1) is 5.86. The van der Waals surface area contributed by atoms with E-state index in [-0.39, 0.29) is 0 Å². The summed E-state index contributed by atoms with van der Waals surface area (Å²) < 4.78 is 3.54. The van der Waals surface area contributed by atoms with E-state index in [0.717, 1.165) is 11.6 Å². The maximum Gasteiger partial charge on any atom is 0.151 e. The lowest BCUT2D eigenvalue weighted by Crippen LogP contribution is -1.83. The van der Waals surface area contributed by atoms with Crippen LogP contribution in [0.5, 0.6) is 0 Å². The summed E-state index contributed by atoms with van der Waals surface area (Å²) in [7, 11) is 2.08. The second-order valence-electron chi connectivity index (χ2n) is 3.47. The molecule has 0 aromatic carbocycles. The summed E-state index contributed by atoms with van der Waals surface area (Å²) in [4.78, 5) is 4.33. The molecule has 0 saturated heterocycles. The topological polar surface area (TPSA) is 17.8 Å². The molecule has 0 aliphatic heterocycles. The van der Waals surface area contributed by atoms with Crippen LogP contribution >= 0.6 is 11.3 Å². The molecule has 12 heavy (non-hydrogen) atoms. The van der Waals surface area contributed by atoms with E-state index < -0.39 is 0 Å². The zero-order chi connectivity index (χ0) is 8.13. The molecule has 1 saturated carbocycles. The first kappa shape index (κ1) is 6.66. The van der Waals surface area contributed by atoms with E-state index in [0.29, 0.717) is 0 Å². The van der Waals surface area contributed by atoms with Gasteiger partial charge in [-0.1, -0.05) is 0 Å². The lowest BCUT2D eigenvalue weighted by atomic mass is 10.2. The molecule has 2 nitrogen and oxygen atoms in total. The van der Waals surface area contributed by atoms with Gasteiger partial charge in [-0.15, -0.1) is 11.3 Å². The number of rotatable bonds is 1. The summed E-state index contributed by atoms with van der Waals surface area (Å²) in [5.74, 6) is 0.842. The van der Waals surface area contributed by atoms with Gasteiger partial charge in [0.25, 0.3) is 0 Å². The second kappa shape index (κ2) is 2.10. The summed E-state index contributed by atoms with van der Waals surface area (Å²) in [5.41, 5.74) is 4.62. The number of nitrogens with zero attached hydrogens (tertiary/aromatic N) is 2. The fourth-order valence-electron chi connectivity index (χ4n) is 1.70. The van der Waals surface area contributed by atoms with Crippen LogP contribution in [-0.4, -0.2) is 9.55 Å². The number of hydrogen-bond acceptors (Lipinski definition) is 2. The first-order valence-corrected chi connectivity index (χ1v) is 5.12. The molecule has 1 aliphatic rings. The van der Waals surface area contributed by atoms with Gasteiger partial charge < -0.3 is 4.57 Å². The van der Waals surface area contributed by atoms with E-state index in [2.05, 4.69) is 22.8 Å². The van der Waals surface area contributed by atoms with Crippen LogP contribution in [0.2, 0.25) is 0 Å². The fraction of sp³-hybridized carbons (Fsp3) is 0.444. The highest BCUT2D eigenvalue weighted by Crippen LogP contribution is 2.44. The summed E-state index contributed by atoms with van der Waals surface area (Å²) in [6, 6.07) is 0. The van der Waals surface area contributed by atoms with Gasteiger partial charge in [-0.25, -0.2) is 4.98 Å². The largest absolute Gasteiger partial charge is 0.335 e. The van der Waals surface area contributed by atoms with Crippen LogP contribution in [0.3, 0.4) is 0 Å². The Kier molecular flexibility index (Phi) is 1.17. The summed E-state index contributed by atoms with van der Waals surface area (Å²) >= 11 is 1.77. The van der Waals surface area contributed by atoms with Gasteiger partial charge in [-0.2, -0.15) is 0 Å². The third kappa shape index (κ3) is 0.771. The fourth-order valence-corrected chi connectivity index (χ4v) is 2.62. The van der Waals surface area contributed by atoms with Gasteiger partial charge in [0, 0.05) is 13.2 Å². The number of hydrogen-bond donors (Lipinski definition) is 0. The van der Waals surface area contributed by atoms with Crippen molar-refractivity contribution >= 4 is 21.7 Å². The second-order valence-corrected chi connectivity index (χ2v) is 4.33. The Balaban J connectivity index is 2.33. The van der Waals surface area contributed by atoms with Crippen molar-refractivity contribution < 1.29 is 0 Å². The molecule has 1 aliphatic carbocycles. The Morgan fingerprint density at radius 3 is 3.17 bits per heavy atom. The highest BCUT2D eigenvalue weighted by molar-refractivity contribution is 7.16. The predicted octanol–water partition coefficient (Wildman–Crippen LogP) is 2.51. The molecule has 2 aromatic heterocycles. The van der Waals surface area contributed by atoms with Gasteiger partial charge in [0.15, 0.2) is 5.65 Å². The molecule has 0 N–H and O–H groups in total. The van der Waals surface area contributed by atoms with Gasteiger partial charge in [0.05, 0.1) is 10.2 Å². The van der Waals surface area contributed by atoms with Gasteiger partial charge in [0.2, 0.25) is 0 Å². The van der Waals surface area contributed by atoms with Crippen molar-refractivity contribution in [1.29, 1.82) is 0 Å². The summed E-state index contributed by atoms with van der Waals surface area (Å²) in [6.07, 6.45) is 4.99. The van der Waals surface area contributed by atoms with Crippen molar-refractivity contribution in [3.8, 4) is 0 Å². The van der Waals surface area contributed by atoms with Gasteiger partial charge in [0.1, 0.15) is 0 Å². The molecule has 0 spiro atoms. The smallest absolute Gasteiger partial charge is 0.151 e. The minimum atomic E-state index is 0.842. The zero-order valence-corrected chi connectivity index (χ0v) is 7.77. The van der Waals surface area contributed by atoms with Gasteiger partial charge >= 0.3 is 0 Å². The normalized spacial score (nSPS) is 17.4. The number of fused-ring (bicyclic) bond motifs is 1. The Hall–Kier alpha value is -0.830. The number of aryl methyl sites for hydroxylation is 1. The molecule has 3 rings (SSSR count). The van der Waals surface area contributed by atoms with Gasteiger partial charge in [-0.05, 0) is 24.3 Å². The van der Waals surface area contributed by atoms with Crippen molar-refractivity contribution in [2.45, 2.75) is 18.8 Å². The molecular formula is C9H10N2S. The molecule has 2 aromatic rings. The lowest BCUT2D eigenvalue weighted by Gasteiger charge is -1.88. The standard InChI is InChI=1S/C9H10N2S/c1-11-4-7(6-2-3-6)8-9(11)10-5-12-8/h4-6H,2-3H2,1H3. The van der Waals surface area contributed by atoms with Crippen LogP contribution in [0.25, 0.3) is 10.3 Å². The third-order valence-corrected chi connectivity index (χ3v) is 3.36. The average molecular weight is 178 g/mol. The quantitative estimate of drug-likeness (QED) is 0.656. The van der Waals surface area contributed by atoms with E-state index in [1.165, 1.54) is 23.1 Å². The summed E-state index contributed by atoms with van der Waals surface area (Å²) in [5, 5.41) is 0. The van der Waals surface area contributed by atoms with Crippen LogP contribution in [0.1, 0.15) is 24.3 Å². The highest BCUT2D eigenvalue weighted by Gasteiger charge is 2.27. The Bertz CT molecular complexity index is 423. The van der Waals surface area contributed by atoms with E-state index in [1.54, 1.807) is 11.3 Å². The average Bonchev–Trinajstić information content (AvgIpc) is 2.68. The van der Waals surface area contributed by atoms with Gasteiger partial charge in [-0.3, -0.25) is 0 Å². The minimum Gasteiger partial charge on any atom is -0.335 e. The van der Waals surface area contributed by atoms with Crippen molar-refractivity contribution in [2.75, 3.05) is 0 Å². The van der Waals surface area contributed by atoms with Crippen molar-refractivity contribution in [2.24, 2.45) is 7.05 Å². The monoisotopic (exact) mass is 178 g/mol. The Morgan fingerprint density at radius 1 is 1.58 bits per heavy atom. The molecule has 0 atom stereocenters. The SMILES string of the molecule is Cn1cc(C2CC2)c2scnc21. The van der Waals surface area contributed by atoms with Crippen LogP contribution < -0.4 is 0 Å². The predicted molar refractivity (Wildman–Crippen MR) is 50.6 cm³/mol. The molecule has 0 bridgehead atoms. The van der Waals surface area contributed by atoms with Crippen LogP contribution in [0.15, 0.2) is 11.7 Å². The molecular weight excluding hydrogens is 168 g/mol. The Morgan fingerprint density at radius 2 is 2.42 bits per heavy atom. The van der Waals surface area contributed by atoms with Crippen molar-refractivity contribution in [3.63, 3.8) is 0 Å². The molecule has 3 heteroatoms. The molecule has 62 valence electrons.